The molecule has 1 aromatic carbocycles. The van der Waals surface area contributed by atoms with E-state index in [2.05, 4.69) is 50.6 Å². The Hall–Kier alpha value is -2.55. The summed E-state index contributed by atoms with van der Waals surface area (Å²) in [5, 5.41) is 13.7. The van der Waals surface area contributed by atoms with Gasteiger partial charge in [-0.1, -0.05) is 18.2 Å². The monoisotopic (exact) mass is 478 g/mol. The number of para-hydroxylation sites is 1. The van der Waals surface area contributed by atoms with Crippen molar-refractivity contribution in [3.05, 3.63) is 52.9 Å². The molecular weight excluding hydrogens is 448 g/mol. The molecule has 33 heavy (non-hydrogen) atoms. The summed E-state index contributed by atoms with van der Waals surface area (Å²) >= 11 is 3.48. The Bertz CT molecular complexity index is 1180. The summed E-state index contributed by atoms with van der Waals surface area (Å²) in [6.45, 7) is 1.90. The quantitative estimate of drug-likeness (QED) is 0.342. The molecule has 5 rings (SSSR count). The van der Waals surface area contributed by atoms with Crippen LogP contribution in [0.5, 0.6) is 0 Å². The summed E-state index contributed by atoms with van der Waals surface area (Å²) in [5.41, 5.74) is 2.13. The number of thiazole rings is 1. The van der Waals surface area contributed by atoms with Crippen LogP contribution in [0.25, 0.3) is 20.8 Å². The Morgan fingerprint density at radius 1 is 0.970 bits per heavy atom. The van der Waals surface area contributed by atoms with E-state index < -0.39 is 0 Å². The lowest BCUT2D eigenvalue weighted by Crippen LogP contribution is -2.31. The first-order valence-corrected chi connectivity index (χ1v) is 13.3. The minimum atomic E-state index is 0.435. The first kappa shape index (κ1) is 22.3. The highest BCUT2D eigenvalue weighted by molar-refractivity contribution is 7.20. The van der Waals surface area contributed by atoms with Crippen molar-refractivity contribution in [3.63, 3.8) is 0 Å². The minimum Gasteiger partial charge on any atom is -0.362 e. The molecule has 3 heterocycles. The van der Waals surface area contributed by atoms with E-state index in [0.29, 0.717) is 12.0 Å². The number of nitrogens with one attached hydrogen (secondary N) is 2. The second-order valence-electron chi connectivity index (χ2n) is 8.90. The van der Waals surface area contributed by atoms with E-state index in [1.165, 1.54) is 17.7 Å². The number of hydrogen-bond donors (Lipinski definition) is 2. The third kappa shape index (κ3) is 5.34. The molecule has 0 amide bonds. The van der Waals surface area contributed by atoms with Crippen molar-refractivity contribution in [2.75, 3.05) is 30.9 Å². The molecule has 2 N–H and O–H groups in total. The molecule has 0 radical (unpaired) electrons. The zero-order chi connectivity index (χ0) is 22.6. The van der Waals surface area contributed by atoms with E-state index in [1.807, 2.05) is 26.2 Å². The highest BCUT2D eigenvalue weighted by Crippen LogP contribution is 2.29. The number of rotatable bonds is 8. The Balaban J connectivity index is 1.11. The number of nitrogens with zero attached hydrogens (tertiary/aromatic N) is 4. The van der Waals surface area contributed by atoms with Crippen LogP contribution in [-0.4, -0.2) is 41.6 Å². The molecule has 0 unspecified atom stereocenters. The van der Waals surface area contributed by atoms with Gasteiger partial charge in [-0.2, -0.15) is 4.98 Å². The van der Waals surface area contributed by atoms with Gasteiger partial charge in [0.1, 0.15) is 10.8 Å². The number of anilines is 2. The maximum absolute atomic E-state index is 4.80. The fourth-order valence-electron chi connectivity index (χ4n) is 4.46. The van der Waals surface area contributed by atoms with E-state index in [4.69, 9.17) is 15.0 Å². The molecule has 0 bridgehead atoms. The van der Waals surface area contributed by atoms with Crippen LogP contribution in [0, 0.1) is 5.92 Å². The molecule has 1 saturated carbocycles. The summed E-state index contributed by atoms with van der Waals surface area (Å²) in [6.07, 6.45) is 4.74. The maximum Gasteiger partial charge on any atom is 0.225 e. The third-order valence-electron chi connectivity index (χ3n) is 6.21. The third-order valence-corrected chi connectivity index (χ3v) is 8.14. The number of benzene rings is 1. The fraction of sp³-hybridized carbons (Fsp3) is 0.400. The van der Waals surface area contributed by atoms with Crippen molar-refractivity contribution in [1.29, 1.82) is 0 Å². The molecule has 0 aliphatic heterocycles. The second kappa shape index (κ2) is 10.2. The normalized spacial score (nSPS) is 18.5. The predicted molar refractivity (Wildman–Crippen MR) is 140 cm³/mol. The molecule has 0 spiro atoms. The average molecular weight is 479 g/mol. The number of thiophene rings is 1. The SMILES string of the molecule is CN(C)c1nc(NC2CCC(CNCc3csc(-c4cccs4)n3)CC2)nc2ccccc12. The summed E-state index contributed by atoms with van der Waals surface area (Å²) < 4.78 is 0. The van der Waals surface area contributed by atoms with Crippen LogP contribution in [0.4, 0.5) is 11.8 Å². The zero-order valence-electron chi connectivity index (χ0n) is 19.1. The van der Waals surface area contributed by atoms with Crippen LogP contribution in [0.2, 0.25) is 0 Å². The smallest absolute Gasteiger partial charge is 0.225 e. The van der Waals surface area contributed by atoms with Gasteiger partial charge in [-0.25, -0.2) is 9.97 Å². The van der Waals surface area contributed by atoms with E-state index in [1.54, 1.807) is 22.7 Å². The maximum atomic E-state index is 4.80. The van der Waals surface area contributed by atoms with Gasteiger partial charge in [0.2, 0.25) is 5.95 Å². The van der Waals surface area contributed by atoms with Gasteiger partial charge in [0, 0.05) is 37.4 Å². The van der Waals surface area contributed by atoms with Crippen LogP contribution < -0.4 is 15.5 Å². The van der Waals surface area contributed by atoms with Crippen LogP contribution in [-0.2, 0) is 6.54 Å². The van der Waals surface area contributed by atoms with E-state index in [0.717, 1.165) is 59.3 Å². The van der Waals surface area contributed by atoms with E-state index >= 15 is 0 Å². The van der Waals surface area contributed by atoms with Gasteiger partial charge < -0.3 is 15.5 Å². The Morgan fingerprint density at radius 2 is 1.82 bits per heavy atom. The lowest BCUT2D eigenvalue weighted by atomic mass is 9.86. The van der Waals surface area contributed by atoms with Crippen molar-refractivity contribution in [2.24, 2.45) is 5.92 Å². The van der Waals surface area contributed by atoms with Gasteiger partial charge in [0.05, 0.1) is 16.1 Å². The minimum absolute atomic E-state index is 0.435. The topological polar surface area (TPSA) is 66.0 Å². The molecule has 6 nitrogen and oxygen atoms in total. The van der Waals surface area contributed by atoms with Crippen molar-refractivity contribution in [3.8, 4) is 9.88 Å². The van der Waals surface area contributed by atoms with Gasteiger partial charge in [0.15, 0.2) is 0 Å². The number of fused-ring (bicyclic) bond motifs is 1. The average Bonchev–Trinajstić information content (AvgIpc) is 3.52. The second-order valence-corrected chi connectivity index (χ2v) is 10.7. The van der Waals surface area contributed by atoms with Crippen LogP contribution in [0.1, 0.15) is 31.4 Å². The first-order chi connectivity index (χ1) is 16.2. The van der Waals surface area contributed by atoms with Gasteiger partial charge >= 0.3 is 0 Å². The molecule has 8 heteroatoms. The number of aromatic nitrogens is 3. The Morgan fingerprint density at radius 3 is 2.61 bits per heavy atom. The molecule has 1 aliphatic rings. The molecule has 172 valence electrons. The van der Waals surface area contributed by atoms with Crippen molar-refractivity contribution in [2.45, 2.75) is 38.3 Å². The standard InChI is InChI=1S/C25H30N6S2/c1-31(2)23-20-6-3-4-7-21(20)29-25(30-23)28-18-11-9-17(10-12-18)14-26-15-19-16-33-24(27-19)22-8-5-13-32-22/h3-8,13,16-18,26H,9-12,14-15H2,1-2H3,(H,28,29,30). The summed E-state index contributed by atoms with van der Waals surface area (Å²) in [5.74, 6) is 2.42. The summed E-state index contributed by atoms with van der Waals surface area (Å²) in [7, 11) is 4.07. The fourth-order valence-corrected chi connectivity index (χ4v) is 6.10. The van der Waals surface area contributed by atoms with Gasteiger partial charge in [-0.3, -0.25) is 0 Å². The summed E-state index contributed by atoms with van der Waals surface area (Å²) in [4.78, 5) is 17.7. The number of hydrogen-bond acceptors (Lipinski definition) is 8. The highest BCUT2D eigenvalue weighted by atomic mass is 32.1. The molecule has 4 aromatic rings. The molecule has 1 aliphatic carbocycles. The largest absolute Gasteiger partial charge is 0.362 e. The molecule has 0 atom stereocenters. The summed E-state index contributed by atoms with van der Waals surface area (Å²) in [6, 6.07) is 12.9. The van der Waals surface area contributed by atoms with Crippen molar-refractivity contribution >= 4 is 45.3 Å². The van der Waals surface area contributed by atoms with E-state index in [-0.39, 0.29) is 0 Å². The molecule has 3 aromatic heterocycles. The highest BCUT2D eigenvalue weighted by Gasteiger charge is 2.22. The van der Waals surface area contributed by atoms with Crippen LogP contribution in [0.3, 0.4) is 0 Å². The molecule has 0 saturated heterocycles. The Labute approximate surface area is 203 Å². The van der Waals surface area contributed by atoms with E-state index in [9.17, 15) is 0 Å². The first-order valence-electron chi connectivity index (χ1n) is 11.6. The zero-order valence-corrected chi connectivity index (χ0v) is 20.8. The lowest BCUT2D eigenvalue weighted by molar-refractivity contribution is 0.323. The molecular formula is C25H30N6S2. The Kier molecular flexibility index (Phi) is 6.85. The van der Waals surface area contributed by atoms with Crippen molar-refractivity contribution < 1.29 is 0 Å². The van der Waals surface area contributed by atoms with Crippen LogP contribution >= 0.6 is 22.7 Å². The lowest BCUT2D eigenvalue weighted by Gasteiger charge is -2.29. The van der Waals surface area contributed by atoms with Crippen molar-refractivity contribution in [1.82, 2.24) is 20.3 Å². The molecule has 1 fully saturated rings. The van der Waals surface area contributed by atoms with Gasteiger partial charge in [-0.15, -0.1) is 22.7 Å². The van der Waals surface area contributed by atoms with Gasteiger partial charge in [0.25, 0.3) is 0 Å². The van der Waals surface area contributed by atoms with Gasteiger partial charge in [-0.05, 0) is 61.7 Å². The predicted octanol–water partition coefficient (Wildman–Crippen LogP) is 5.64. The van der Waals surface area contributed by atoms with Crippen LogP contribution in [0.15, 0.2) is 47.2 Å².